The molecule has 4 aromatic rings. The second kappa shape index (κ2) is 9.78. The summed E-state index contributed by atoms with van der Waals surface area (Å²) < 4.78 is 28.8. The van der Waals surface area contributed by atoms with E-state index in [1.165, 1.54) is 16.7 Å². The Bertz CT molecular complexity index is 1630. The molecule has 4 atom stereocenters. The number of ether oxygens (including phenoxy) is 5. The van der Waals surface area contributed by atoms with Crippen molar-refractivity contribution in [1.82, 2.24) is 0 Å². The van der Waals surface area contributed by atoms with E-state index >= 15 is 0 Å². The Hall–Kier alpha value is -3.55. The van der Waals surface area contributed by atoms with Gasteiger partial charge in [-0.3, -0.25) is 0 Å². The number of benzene rings is 4. The highest BCUT2D eigenvalue weighted by Gasteiger charge is 2.34. The zero-order valence-electron chi connectivity index (χ0n) is 23.3. The first-order chi connectivity index (χ1) is 20.1. The highest BCUT2D eigenvalue weighted by atomic mass is 16.6. The smallest absolute Gasteiger partial charge is 0.339 e. The van der Waals surface area contributed by atoms with E-state index in [2.05, 4.69) is 37.3 Å². The van der Waals surface area contributed by atoms with E-state index in [0.29, 0.717) is 24.5 Å². The first-order valence-electron chi connectivity index (χ1n) is 14.6. The zero-order valence-corrected chi connectivity index (χ0v) is 23.3. The summed E-state index contributed by atoms with van der Waals surface area (Å²) in [5.41, 5.74) is 7.42. The summed E-state index contributed by atoms with van der Waals surface area (Å²) in [7, 11) is 0. The Morgan fingerprint density at radius 1 is 0.756 bits per heavy atom. The first kappa shape index (κ1) is 25.2. The van der Waals surface area contributed by atoms with Gasteiger partial charge in [0, 0.05) is 5.57 Å². The van der Waals surface area contributed by atoms with Gasteiger partial charge in [0.1, 0.15) is 30.2 Å². The van der Waals surface area contributed by atoms with Crippen LogP contribution in [-0.4, -0.2) is 32.4 Å². The number of epoxide rings is 4. The number of carbonyl (C=O) groups excluding carboxylic acids is 1. The Labute approximate surface area is 238 Å². The average Bonchev–Trinajstić information content (AvgIpc) is 3.79. The van der Waals surface area contributed by atoms with Crippen molar-refractivity contribution in [2.45, 2.75) is 51.1 Å². The molecule has 0 amide bonds. The summed E-state index contributed by atoms with van der Waals surface area (Å²) in [6, 6.07) is 19.0. The van der Waals surface area contributed by atoms with Gasteiger partial charge in [-0.05, 0) is 117 Å². The molecule has 0 saturated carbocycles. The van der Waals surface area contributed by atoms with Gasteiger partial charge in [0.15, 0.2) is 0 Å². The maximum atomic E-state index is 13.4. The first-order valence-corrected chi connectivity index (χ1v) is 14.6. The molecule has 41 heavy (non-hydrogen) atoms. The fraction of sp³-hybridized carbons (Fsp3) is 0.343. The molecule has 0 N–H and O–H groups in total. The van der Waals surface area contributed by atoms with Crippen LogP contribution in [0, 0.1) is 0 Å². The van der Waals surface area contributed by atoms with Crippen molar-refractivity contribution in [3.63, 3.8) is 0 Å². The molecule has 4 saturated heterocycles. The summed E-state index contributed by atoms with van der Waals surface area (Å²) in [5, 5.41) is 4.45. The highest BCUT2D eigenvalue weighted by molar-refractivity contribution is 6.11. The van der Waals surface area contributed by atoms with Crippen molar-refractivity contribution in [3.8, 4) is 5.75 Å². The third-order valence-corrected chi connectivity index (χ3v) is 8.46. The van der Waals surface area contributed by atoms with Crippen LogP contribution in [0.1, 0.15) is 78.1 Å². The zero-order chi connectivity index (χ0) is 27.7. The van der Waals surface area contributed by atoms with Crippen molar-refractivity contribution in [2.75, 3.05) is 26.4 Å². The largest absolute Gasteiger partial charge is 0.423 e. The van der Waals surface area contributed by atoms with Gasteiger partial charge in [0.05, 0.1) is 26.4 Å². The van der Waals surface area contributed by atoms with Gasteiger partial charge in [0.25, 0.3) is 0 Å². The molecule has 0 spiro atoms. The van der Waals surface area contributed by atoms with Gasteiger partial charge < -0.3 is 23.7 Å². The van der Waals surface area contributed by atoms with Gasteiger partial charge in [-0.1, -0.05) is 25.5 Å². The van der Waals surface area contributed by atoms with Crippen LogP contribution in [0.25, 0.3) is 27.6 Å². The lowest BCUT2D eigenvalue weighted by molar-refractivity contribution is -0.130. The normalized spacial score (nSPS) is 24.5. The minimum absolute atomic E-state index is 0.0759. The van der Waals surface area contributed by atoms with E-state index in [1.807, 2.05) is 37.3 Å². The van der Waals surface area contributed by atoms with Crippen LogP contribution < -0.4 is 4.74 Å². The van der Waals surface area contributed by atoms with Crippen LogP contribution in [0.3, 0.4) is 0 Å². The van der Waals surface area contributed by atoms with Gasteiger partial charge in [-0.25, -0.2) is 4.79 Å². The molecular formula is C35H32O6. The molecular weight excluding hydrogens is 516 g/mol. The number of aryl methyl sites for hydroxylation is 1. The summed E-state index contributed by atoms with van der Waals surface area (Å²) in [6.45, 7) is 6.87. The van der Waals surface area contributed by atoms with Crippen LogP contribution in [-0.2, 0) is 30.2 Å². The van der Waals surface area contributed by atoms with Crippen LogP contribution in [0.15, 0.2) is 60.2 Å². The summed E-state index contributed by atoms with van der Waals surface area (Å²) in [5.74, 6) is 0.186. The van der Waals surface area contributed by atoms with Crippen LogP contribution >= 0.6 is 0 Å². The standard InChI is InChI=1S/C35H32O6/c1-3-4-20-5-7-23(8-6-20)41-35(36)19(2)9-24-25-10-21(31-15-37-31)12-29(33-17-39-33)27(25)14-28-26(24)11-22(32-16-38-32)13-30(28)34-18-40-34/h5-14,31-34H,3-4,15-18H2,1-2H3/b19-9+. The molecule has 8 rings (SSSR count). The van der Waals surface area contributed by atoms with E-state index in [9.17, 15) is 4.79 Å². The van der Waals surface area contributed by atoms with Crippen molar-refractivity contribution < 1.29 is 28.5 Å². The highest BCUT2D eigenvalue weighted by Crippen LogP contribution is 2.46. The summed E-state index contributed by atoms with van der Waals surface area (Å²) in [4.78, 5) is 13.4. The second-order valence-electron chi connectivity index (χ2n) is 11.6. The van der Waals surface area contributed by atoms with Crippen LogP contribution in [0.5, 0.6) is 5.75 Å². The van der Waals surface area contributed by atoms with E-state index in [-0.39, 0.29) is 30.4 Å². The number of hydrogen-bond donors (Lipinski definition) is 0. The van der Waals surface area contributed by atoms with Crippen molar-refractivity contribution >= 4 is 33.6 Å². The molecule has 4 aliphatic rings. The molecule has 4 aromatic carbocycles. The quantitative estimate of drug-likeness (QED) is 0.0722. The fourth-order valence-electron chi connectivity index (χ4n) is 5.93. The predicted octanol–water partition coefficient (Wildman–Crippen LogP) is 7.24. The third kappa shape index (κ3) is 4.95. The van der Waals surface area contributed by atoms with Gasteiger partial charge in [0.2, 0.25) is 0 Å². The minimum atomic E-state index is -0.363. The number of esters is 1. The molecule has 6 nitrogen and oxygen atoms in total. The number of rotatable bonds is 9. The van der Waals surface area contributed by atoms with Gasteiger partial charge in [-0.15, -0.1) is 0 Å². The monoisotopic (exact) mass is 548 g/mol. The number of fused-ring (bicyclic) bond motifs is 2. The Morgan fingerprint density at radius 2 is 1.27 bits per heavy atom. The average molecular weight is 549 g/mol. The molecule has 0 aromatic heterocycles. The lowest BCUT2D eigenvalue weighted by Crippen LogP contribution is -2.09. The van der Waals surface area contributed by atoms with Crippen LogP contribution in [0.4, 0.5) is 0 Å². The lowest BCUT2D eigenvalue weighted by atomic mass is 9.87. The number of hydrogen-bond acceptors (Lipinski definition) is 6. The molecule has 208 valence electrons. The molecule has 0 bridgehead atoms. The summed E-state index contributed by atoms with van der Waals surface area (Å²) >= 11 is 0. The molecule has 0 radical (unpaired) electrons. The minimum Gasteiger partial charge on any atom is -0.423 e. The van der Waals surface area contributed by atoms with E-state index in [0.717, 1.165) is 64.3 Å². The third-order valence-electron chi connectivity index (χ3n) is 8.46. The van der Waals surface area contributed by atoms with Crippen molar-refractivity contribution in [3.05, 3.63) is 93.6 Å². The molecule has 6 heteroatoms. The fourth-order valence-corrected chi connectivity index (χ4v) is 5.93. The Kier molecular flexibility index (Phi) is 6.00. The molecule has 4 heterocycles. The van der Waals surface area contributed by atoms with Crippen LogP contribution in [0.2, 0.25) is 0 Å². The van der Waals surface area contributed by atoms with E-state index < -0.39 is 0 Å². The molecule has 0 aliphatic carbocycles. The Morgan fingerprint density at radius 3 is 1.73 bits per heavy atom. The van der Waals surface area contributed by atoms with Gasteiger partial charge in [-0.2, -0.15) is 0 Å². The lowest BCUT2D eigenvalue weighted by Gasteiger charge is -2.17. The number of carbonyl (C=O) groups is 1. The SMILES string of the molecule is CCCc1ccc(OC(=O)/C(C)=C/c2c3cc(C4CO4)cc(C4CO4)c3cc3c(C4CO4)cc(C4CO4)cc23)cc1. The van der Waals surface area contributed by atoms with Gasteiger partial charge >= 0.3 is 5.97 Å². The Balaban J connectivity index is 1.29. The maximum absolute atomic E-state index is 13.4. The van der Waals surface area contributed by atoms with E-state index in [1.54, 1.807) is 0 Å². The molecule has 4 unspecified atom stereocenters. The second-order valence-corrected chi connectivity index (χ2v) is 11.6. The van der Waals surface area contributed by atoms with Crippen molar-refractivity contribution in [1.29, 1.82) is 0 Å². The summed E-state index contributed by atoms with van der Waals surface area (Å²) in [6.07, 6.45) is 4.43. The molecule has 4 fully saturated rings. The van der Waals surface area contributed by atoms with Crippen molar-refractivity contribution in [2.24, 2.45) is 0 Å². The topological polar surface area (TPSA) is 76.4 Å². The maximum Gasteiger partial charge on any atom is 0.339 e. The predicted molar refractivity (Wildman–Crippen MR) is 156 cm³/mol. The molecule has 4 aliphatic heterocycles. The van der Waals surface area contributed by atoms with E-state index in [4.69, 9.17) is 23.7 Å².